The van der Waals surface area contributed by atoms with Crippen LogP contribution in [0.1, 0.15) is 5.56 Å². The van der Waals surface area contributed by atoms with Crippen LogP contribution in [0.5, 0.6) is 0 Å². The number of primary amides is 1. The van der Waals surface area contributed by atoms with Crippen molar-refractivity contribution < 1.29 is 4.79 Å². The maximum absolute atomic E-state index is 11.5. The number of rotatable bonds is 5. The number of anilines is 1. The maximum Gasteiger partial charge on any atom is 0.240 e. The Morgan fingerprint density at radius 3 is 2.32 bits per heavy atom. The first-order valence-corrected chi connectivity index (χ1v) is 6.80. The molecule has 1 amide bonds. The second-order valence-corrected chi connectivity index (χ2v) is 5.21. The smallest absolute Gasteiger partial charge is 0.240 e. The number of amides is 1. The summed E-state index contributed by atoms with van der Waals surface area (Å²) in [6, 6.07) is 17.1. The average Bonchev–Trinajstić information content (AvgIpc) is 2.41. The van der Waals surface area contributed by atoms with E-state index in [9.17, 15) is 4.79 Å². The fourth-order valence-corrected chi connectivity index (χ4v) is 2.08. The first-order chi connectivity index (χ1) is 9.15. The number of halogens is 1. The van der Waals surface area contributed by atoms with E-state index in [1.807, 2.05) is 54.6 Å². The van der Waals surface area contributed by atoms with Gasteiger partial charge in [-0.2, -0.15) is 0 Å². The molecule has 0 heterocycles. The van der Waals surface area contributed by atoms with E-state index >= 15 is 0 Å². The Morgan fingerprint density at radius 2 is 1.74 bits per heavy atom. The molecular weight excluding hydrogens is 304 g/mol. The summed E-state index contributed by atoms with van der Waals surface area (Å²) in [6.07, 6.45) is 0.576. The fourth-order valence-electron chi connectivity index (χ4n) is 1.82. The number of nitrogens with two attached hydrogens (primary N) is 1. The monoisotopic (exact) mass is 318 g/mol. The summed E-state index contributed by atoms with van der Waals surface area (Å²) in [5.41, 5.74) is 7.41. The SMILES string of the molecule is NC(=O)C(Cc1ccccc1)Nc1ccc(Br)cc1. The topological polar surface area (TPSA) is 55.1 Å². The molecular formula is C15H15BrN2O. The van der Waals surface area contributed by atoms with Gasteiger partial charge in [0.2, 0.25) is 5.91 Å². The van der Waals surface area contributed by atoms with E-state index in [0.29, 0.717) is 6.42 Å². The van der Waals surface area contributed by atoms with Crippen molar-refractivity contribution in [2.24, 2.45) is 5.73 Å². The second-order valence-electron chi connectivity index (χ2n) is 4.30. The van der Waals surface area contributed by atoms with Crippen LogP contribution in [0.25, 0.3) is 0 Å². The second kappa shape index (κ2) is 6.38. The van der Waals surface area contributed by atoms with E-state index in [2.05, 4.69) is 21.2 Å². The zero-order valence-electron chi connectivity index (χ0n) is 10.3. The quantitative estimate of drug-likeness (QED) is 0.890. The normalized spacial score (nSPS) is 11.8. The van der Waals surface area contributed by atoms with Gasteiger partial charge >= 0.3 is 0 Å². The van der Waals surface area contributed by atoms with Crippen molar-refractivity contribution in [3.05, 3.63) is 64.6 Å². The largest absolute Gasteiger partial charge is 0.373 e. The van der Waals surface area contributed by atoms with Gasteiger partial charge in [-0.3, -0.25) is 4.79 Å². The van der Waals surface area contributed by atoms with Gasteiger partial charge in [-0.15, -0.1) is 0 Å². The Morgan fingerprint density at radius 1 is 1.11 bits per heavy atom. The summed E-state index contributed by atoms with van der Waals surface area (Å²) >= 11 is 3.37. The third-order valence-corrected chi connectivity index (χ3v) is 3.34. The average molecular weight is 319 g/mol. The van der Waals surface area contributed by atoms with Crippen molar-refractivity contribution >= 4 is 27.5 Å². The lowest BCUT2D eigenvalue weighted by Crippen LogP contribution is -2.37. The molecule has 98 valence electrons. The molecule has 0 aliphatic rings. The van der Waals surface area contributed by atoms with Crippen LogP contribution in [0.3, 0.4) is 0 Å². The van der Waals surface area contributed by atoms with E-state index < -0.39 is 6.04 Å². The Hall–Kier alpha value is -1.81. The number of hydrogen-bond acceptors (Lipinski definition) is 2. The molecule has 2 aromatic carbocycles. The van der Waals surface area contributed by atoms with Gasteiger partial charge in [-0.1, -0.05) is 46.3 Å². The van der Waals surface area contributed by atoms with Gasteiger partial charge in [0.05, 0.1) is 0 Å². The molecule has 0 aliphatic carbocycles. The molecule has 0 aromatic heterocycles. The maximum atomic E-state index is 11.5. The fraction of sp³-hybridized carbons (Fsp3) is 0.133. The molecule has 1 unspecified atom stereocenters. The van der Waals surface area contributed by atoms with Crippen molar-refractivity contribution in [2.45, 2.75) is 12.5 Å². The Balaban J connectivity index is 2.08. The molecule has 1 atom stereocenters. The molecule has 0 spiro atoms. The highest BCUT2D eigenvalue weighted by atomic mass is 79.9. The summed E-state index contributed by atoms with van der Waals surface area (Å²) in [6.45, 7) is 0. The van der Waals surface area contributed by atoms with Crippen LogP contribution >= 0.6 is 15.9 Å². The summed E-state index contributed by atoms with van der Waals surface area (Å²) < 4.78 is 0.997. The first kappa shape index (κ1) is 13.6. The summed E-state index contributed by atoms with van der Waals surface area (Å²) in [5.74, 6) is -0.355. The van der Waals surface area contributed by atoms with E-state index in [0.717, 1.165) is 15.7 Å². The molecule has 2 rings (SSSR count). The summed E-state index contributed by atoms with van der Waals surface area (Å²) in [5, 5.41) is 3.16. The third kappa shape index (κ3) is 4.10. The molecule has 19 heavy (non-hydrogen) atoms. The highest BCUT2D eigenvalue weighted by Gasteiger charge is 2.15. The zero-order chi connectivity index (χ0) is 13.7. The van der Waals surface area contributed by atoms with E-state index in [1.54, 1.807) is 0 Å². The van der Waals surface area contributed by atoms with Gasteiger partial charge < -0.3 is 11.1 Å². The molecule has 4 heteroatoms. The van der Waals surface area contributed by atoms with Gasteiger partial charge in [-0.25, -0.2) is 0 Å². The van der Waals surface area contributed by atoms with Crippen molar-refractivity contribution in [2.75, 3.05) is 5.32 Å². The lowest BCUT2D eigenvalue weighted by molar-refractivity contribution is -0.118. The molecule has 3 nitrogen and oxygen atoms in total. The van der Waals surface area contributed by atoms with Crippen LogP contribution in [0.15, 0.2) is 59.1 Å². The number of benzene rings is 2. The molecule has 3 N–H and O–H groups in total. The predicted molar refractivity (Wildman–Crippen MR) is 80.9 cm³/mol. The van der Waals surface area contributed by atoms with Crippen LogP contribution in [0.2, 0.25) is 0 Å². The number of carbonyl (C=O) groups excluding carboxylic acids is 1. The van der Waals surface area contributed by atoms with Crippen LogP contribution < -0.4 is 11.1 Å². The van der Waals surface area contributed by atoms with Crippen LogP contribution in [0.4, 0.5) is 5.69 Å². The van der Waals surface area contributed by atoms with Crippen LogP contribution in [-0.4, -0.2) is 11.9 Å². The van der Waals surface area contributed by atoms with E-state index in [4.69, 9.17) is 5.73 Å². The van der Waals surface area contributed by atoms with Crippen molar-refractivity contribution in [1.82, 2.24) is 0 Å². The number of nitrogens with one attached hydrogen (secondary N) is 1. The standard InChI is InChI=1S/C15H15BrN2O/c16-12-6-8-13(9-7-12)18-14(15(17)19)10-11-4-2-1-3-5-11/h1-9,14,18H,10H2,(H2,17,19). The lowest BCUT2D eigenvalue weighted by Gasteiger charge is -2.17. The molecule has 2 aromatic rings. The molecule has 0 radical (unpaired) electrons. The van der Waals surface area contributed by atoms with Gasteiger partial charge in [-0.05, 0) is 29.8 Å². The van der Waals surface area contributed by atoms with E-state index in [-0.39, 0.29) is 5.91 Å². The summed E-state index contributed by atoms with van der Waals surface area (Å²) in [7, 11) is 0. The van der Waals surface area contributed by atoms with Gasteiger partial charge in [0.25, 0.3) is 0 Å². The Kier molecular flexibility index (Phi) is 4.58. The minimum Gasteiger partial charge on any atom is -0.373 e. The number of carbonyl (C=O) groups is 1. The molecule has 0 bridgehead atoms. The Bertz CT molecular complexity index is 540. The van der Waals surface area contributed by atoms with Crippen molar-refractivity contribution in [1.29, 1.82) is 0 Å². The molecule has 0 saturated carbocycles. The molecule has 0 saturated heterocycles. The van der Waals surface area contributed by atoms with Gasteiger partial charge in [0.1, 0.15) is 6.04 Å². The predicted octanol–water partition coefficient (Wildman–Crippen LogP) is 2.96. The van der Waals surface area contributed by atoms with Crippen LogP contribution in [0, 0.1) is 0 Å². The summed E-state index contributed by atoms with van der Waals surface area (Å²) in [4.78, 5) is 11.5. The zero-order valence-corrected chi connectivity index (χ0v) is 11.9. The number of hydrogen-bond donors (Lipinski definition) is 2. The minimum atomic E-state index is -0.413. The highest BCUT2D eigenvalue weighted by molar-refractivity contribution is 9.10. The lowest BCUT2D eigenvalue weighted by atomic mass is 10.1. The Labute approximate surface area is 121 Å². The van der Waals surface area contributed by atoms with Gasteiger partial charge in [0, 0.05) is 16.6 Å². The first-order valence-electron chi connectivity index (χ1n) is 6.00. The molecule has 0 fully saturated rings. The van der Waals surface area contributed by atoms with Gasteiger partial charge in [0.15, 0.2) is 0 Å². The van der Waals surface area contributed by atoms with Crippen molar-refractivity contribution in [3.8, 4) is 0 Å². The molecule has 0 aliphatic heterocycles. The highest BCUT2D eigenvalue weighted by Crippen LogP contribution is 2.16. The van der Waals surface area contributed by atoms with Crippen molar-refractivity contribution in [3.63, 3.8) is 0 Å². The van der Waals surface area contributed by atoms with E-state index in [1.165, 1.54) is 0 Å². The minimum absolute atomic E-state index is 0.355. The van der Waals surface area contributed by atoms with Crippen LogP contribution in [-0.2, 0) is 11.2 Å². The third-order valence-electron chi connectivity index (χ3n) is 2.81.